The molecule has 56 heavy (non-hydrogen) atoms. The van der Waals surface area contributed by atoms with Crippen LogP contribution in [0.2, 0.25) is 15.1 Å². The summed E-state index contributed by atoms with van der Waals surface area (Å²) in [5, 5.41) is 0.392. The second-order valence-corrected chi connectivity index (χ2v) is 15.6. The maximum atomic E-state index is 14.1. The highest BCUT2D eigenvalue weighted by Crippen LogP contribution is 2.52. The van der Waals surface area contributed by atoms with E-state index in [0.29, 0.717) is 53.1 Å². The molecule has 0 aromatic heterocycles. The third-order valence-electron chi connectivity index (χ3n) is 11.1. The first-order valence-electron chi connectivity index (χ1n) is 18.4. The molecular weight excluding hydrogens is 775 g/mol. The lowest BCUT2D eigenvalue weighted by Gasteiger charge is -2.37. The predicted octanol–water partition coefficient (Wildman–Crippen LogP) is 10.3. The Morgan fingerprint density at radius 1 is 0.679 bits per heavy atom. The van der Waals surface area contributed by atoms with E-state index in [0.717, 1.165) is 53.7 Å². The van der Waals surface area contributed by atoms with Crippen LogP contribution >= 0.6 is 34.8 Å². The number of esters is 1. The van der Waals surface area contributed by atoms with Crippen LogP contribution in [-0.2, 0) is 25.7 Å². The van der Waals surface area contributed by atoms with Gasteiger partial charge in [-0.3, -0.25) is 9.80 Å². The van der Waals surface area contributed by atoms with Crippen molar-refractivity contribution >= 4 is 40.8 Å². The minimum atomic E-state index is -0.795. The quantitative estimate of drug-likeness (QED) is 0.127. The number of halogens is 3. The molecule has 4 heterocycles. The number of rotatable bonds is 5. The molecule has 4 aliphatic rings. The zero-order valence-corrected chi connectivity index (χ0v) is 34.0. The summed E-state index contributed by atoms with van der Waals surface area (Å²) in [5.41, 5.74) is 6.27. The Morgan fingerprint density at radius 3 is 1.98 bits per heavy atom. The molecule has 2 atom stereocenters. The summed E-state index contributed by atoms with van der Waals surface area (Å²) >= 11 is 19.3. The van der Waals surface area contributed by atoms with Gasteiger partial charge >= 0.3 is 5.97 Å². The lowest BCUT2D eigenvalue weighted by molar-refractivity contribution is 0.0724. The number of nitrogens with zero attached hydrogens (tertiary/aromatic N) is 2. The van der Waals surface area contributed by atoms with Gasteiger partial charge in [0.1, 0.15) is 5.75 Å². The molecule has 5 aromatic carbocycles. The molecule has 0 saturated heterocycles. The molecule has 0 spiro atoms. The third-order valence-corrected chi connectivity index (χ3v) is 11.9. The number of fused-ring (bicyclic) bond motifs is 2. The fourth-order valence-electron chi connectivity index (χ4n) is 8.06. The van der Waals surface area contributed by atoms with Gasteiger partial charge in [-0.25, -0.2) is 4.79 Å². The van der Waals surface area contributed by atoms with Crippen LogP contribution in [0.4, 0.5) is 0 Å². The summed E-state index contributed by atoms with van der Waals surface area (Å²) in [7, 11) is 9.02. The van der Waals surface area contributed by atoms with Crippen molar-refractivity contribution in [1.29, 1.82) is 0 Å². The van der Waals surface area contributed by atoms with E-state index in [1.54, 1.807) is 14.2 Å². The third kappa shape index (κ3) is 7.23. The van der Waals surface area contributed by atoms with E-state index in [1.165, 1.54) is 24.8 Å². The SMILES string of the molecule is COc1ccc2cc1Oc1ccc(cc1)C[C@H]1c3cc(c(OC)cc3CCN1C)Oc1c(OC(=O)c3c(Cl)cc(Cl)cc3Cl)c(OC)cc3c1[C@H](C2)N(C)CC3. The smallest absolute Gasteiger partial charge is 0.346 e. The molecular formula is C44H41Cl3N2O7. The number of carbonyl (C=O) groups excluding carboxylic acids is 1. The molecule has 0 fully saturated rings. The van der Waals surface area contributed by atoms with E-state index in [2.05, 4.69) is 48.2 Å². The molecule has 0 radical (unpaired) electrons. The molecule has 0 amide bonds. The van der Waals surface area contributed by atoms with Crippen molar-refractivity contribution in [3.05, 3.63) is 127 Å². The van der Waals surface area contributed by atoms with Gasteiger partial charge in [-0.2, -0.15) is 0 Å². The van der Waals surface area contributed by atoms with Crippen molar-refractivity contribution in [2.24, 2.45) is 0 Å². The van der Waals surface area contributed by atoms with Crippen LogP contribution in [0.1, 0.15) is 55.8 Å². The van der Waals surface area contributed by atoms with Gasteiger partial charge in [0.15, 0.2) is 34.5 Å². The Hall–Kier alpha value is -4.64. The zero-order valence-electron chi connectivity index (χ0n) is 31.7. The molecule has 5 aromatic rings. The summed E-state index contributed by atoms with van der Waals surface area (Å²) in [6, 6.07) is 23.0. The largest absolute Gasteiger partial charge is 0.493 e. The van der Waals surface area contributed by atoms with Gasteiger partial charge in [0.05, 0.1) is 36.9 Å². The highest BCUT2D eigenvalue weighted by Gasteiger charge is 2.36. The highest BCUT2D eigenvalue weighted by molar-refractivity contribution is 6.42. The Bertz CT molecular complexity index is 2310. The Kier molecular flexibility index (Phi) is 10.7. The summed E-state index contributed by atoms with van der Waals surface area (Å²) in [6.07, 6.45) is 2.85. The monoisotopic (exact) mass is 814 g/mol. The van der Waals surface area contributed by atoms with Crippen molar-refractivity contribution in [1.82, 2.24) is 9.80 Å². The van der Waals surface area contributed by atoms with Crippen LogP contribution in [0.15, 0.2) is 72.8 Å². The van der Waals surface area contributed by atoms with Crippen molar-refractivity contribution < 1.29 is 33.2 Å². The molecule has 0 saturated carbocycles. The number of methoxy groups -OCH3 is 3. The van der Waals surface area contributed by atoms with E-state index in [1.807, 2.05) is 36.4 Å². The van der Waals surface area contributed by atoms with E-state index < -0.39 is 5.97 Å². The predicted molar refractivity (Wildman–Crippen MR) is 218 cm³/mol. The van der Waals surface area contributed by atoms with Gasteiger partial charge in [-0.05, 0) is 122 Å². The molecule has 6 bridgehead atoms. The van der Waals surface area contributed by atoms with Crippen LogP contribution in [0.3, 0.4) is 0 Å². The molecule has 9 nitrogen and oxygen atoms in total. The van der Waals surface area contributed by atoms with E-state index in [-0.39, 0.29) is 38.5 Å². The van der Waals surface area contributed by atoms with Gasteiger partial charge < -0.3 is 28.4 Å². The van der Waals surface area contributed by atoms with Crippen LogP contribution in [0.25, 0.3) is 0 Å². The molecule has 12 heteroatoms. The lowest BCUT2D eigenvalue weighted by Crippen LogP contribution is -2.34. The van der Waals surface area contributed by atoms with Crippen molar-refractivity contribution in [2.75, 3.05) is 48.5 Å². The molecule has 0 unspecified atom stereocenters. The average molecular weight is 816 g/mol. The minimum Gasteiger partial charge on any atom is -0.493 e. The average Bonchev–Trinajstić information content (AvgIpc) is 3.17. The van der Waals surface area contributed by atoms with Crippen molar-refractivity contribution in [3.8, 4) is 46.0 Å². The first kappa shape index (κ1) is 38.2. The van der Waals surface area contributed by atoms with Crippen LogP contribution in [-0.4, -0.2) is 64.3 Å². The molecule has 4 aliphatic heterocycles. The summed E-state index contributed by atoms with van der Waals surface area (Å²) in [4.78, 5) is 18.8. The number of likely N-dealkylation sites (N-methyl/N-ethyl adjacent to an activating group) is 2. The van der Waals surface area contributed by atoms with Gasteiger partial charge in [-0.15, -0.1) is 0 Å². The second-order valence-electron chi connectivity index (χ2n) is 14.4. The summed E-state index contributed by atoms with van der Waals surface area (Å²) in [6.45, 7) is 1.64. The number of benzene rings is 5. The number of carbonyl (C=O) groups is 1. The van der Waals surface area contributed by atoms with Gasteiger partial charge in [-0.1, -0.05) is 53.0 Å². The van der Waals surface area contributed by atoms with E-state index in [9.17, 15) is 4.79 Å². The summed E-state index contributed by atoms with van der Waals surface area (Å²) < 4.78 is 37.6. The van der Waals surface area contributed by atoms with Gasteiger partial charge in [0.25, 0.3) is 0 Å². The minimum absolute atomic E-state index is 0.0330. The maximum Gasteiger partial charge on any atom is 0.346 e. The number of hydrogen-bond donors (Lipinski definition) is 0. The maximum absolute atomic E-state index is 14.1. The van der Waals surface area contributed by atoms with Crippen LogP contribution in [0.5, 0.6) is 46.0 Å². The normalized spacial score (nSPS) is 17.8. The van der Waals surface area contributed by atoms with E-state index in [4.69, 9.17) is 63.2 Å². The lowest BCUT2D eigenvalue weighted by atomic mass is 9.87. The molecule has 9 rings (SSSR count). The Labute approximate surface area is 341 Å². The van der Waals surface area contributed by atoms with Gasteiger partial charge in [0, 0.05) is 35.8 Å². The highest BCUT2D eigenvalue weighted by atomic mass is 35.5. The van der Waals surface area contributed by atoms with E-state index >= 15 is 0 Å². The number of ether oxygens (including phenoxy) is 6. The fourth-order valence-corrected chi connectivity index (χ4v) is 9.03. The first-order chi connectivity index (χ1) is 27.0. The van der Waals surface area contributed by atoms with Crippen LogP contribution < -0.4 is 28.4 Å². The van der Waals surface area contributed by atoms with Gasteiger partial charge in [0.2, 0.25) is 5.75 Å². The standard InChI is InChI=1S/C44H41Cl3N2O7/c1-48-14-12-26-19-36(52-4)38-23-30(26)33(48)16-24-6-9-29(10-7-24)54-37-18-25(8-11-35(37)51-3)17-34-40-27(13-15-49(34)2)20-39(53-5)42(43(40)55-38)56-44(50)41-31(46)21-28(45)22-32(41)47/h6-11,18-23,33-34H,12-17H2,1-5H3/t33-,34-/m0/s1. The Morgan fingerprint density at radius 2 is 1.29 bits per heavy atom. The fraction of sp³-hybridized carbons (Fsp3) is 0.295. The Balaban J connectivity index is 1.37. The van der Waals surface area contributed by atoms with Crippen molar-refractivity contribution in [3.63, 3.8) is 0 Å². The first-order valence-corrected chi connectivity index (χ1v) is 19.5. The van der Waals surface area contributed by atoms with Crippen LogP contribution in [0, 0.1) is 0 Å². The number of hydrogen-bond acceptors (Lipinski definition) is 9. The molecule has 0 N–H and O–H groups in total. The zero-order chi connectivity index (χ0) is 39.2. The topological polar surface area (TPSA) is 78.9 Å². The molecule has 0 aliphatic carbocycles. The molecule has 290 valence electrons. The van der Waals surface area contributed by atoms with Crippen molar-refractivity contribution in [2.45, 2.75) is 37.8 Å². The second kappa shape index (κ2) is 15.7. The summed E-state index contributed by atoms with van der Waals surface area (Å²) in [5.74, 6) is 2.90.